The molecule has 184 valence electrons. The third kappa shape index (κ3) is 5.49. The third-order valence-electron chi connectivity index (χ3n) is 6.44. The maximum atomic E-state index is 13.2. The van der Waals surface area contributed by atoms with Crippen molar-refractivity contribution in [1.82, 2.24) is 4.72 Å². The van der Waals surface area contributed by atoms with Crippen molar-refractivity contribution in [2.45, 2.75) is 45.1 Å². The summed E-state index contributed by atoms with van der Waals surface area (Å²) in [6.07, 6.45) is 1.91. The van der Waals surface area contributed by atoms with E-state index in [4.69, 9.17) is 0 Å². The van der Waals surface area contributed by atoms with Crippen LogP contribution in [0.3, 0.4) is 0 Å². The van der Waals surface area contributed by atoms with Crippen molar-refractivity contribution in [2.75, 3.05) is 11.1 Å². The molecule has 4 rings (SSSR count). The zero-order valence-corrected chi connectivity index (χ0v) is 20.7. The Kier molecular flexibility index (Phi) is 6.87. The molecule has 0 spiro atoms. The summed E-state index contributed by atoms with van der Waals surface area (Å²) < 4.78 is 26.4. The molecule has 0 heterocycles. The predicted octanol–water partition coefficient (Wildman–Crippen LogP) is 4.57. The number of amides is 1. The Morgan fingerprint density at radius 3 is 2.31 bits per heavy atom. The summed E-state index contributed by atoms with van der Waals surface area (Å²) in [6, 6.07) is 17.9. The molecule has 4 N–H and O–H groups in total. The molecule has 3 aromatic carbocycles. The van der Waals surface area contributed by atoms with Gasteiger partial charge in [-0.25, -0.2) is 13.1 Å². The van der Waals surface area contributed by atoms with E-state index in [1.807, 2.05) is 56.3 Å². The average Bonchev–Trinajstić information content (AvgIpc) is 3.63. The normalized spacial score (nSPS) is 14.5. The lowest BCUT2D eigenvalue weighted by Gasteiger charge is -2.17. The second-order valence-electron chi connectivity index (χ2n) is 9.11. The van der Waals surface area contributed by atoms with Crippen LogP contribution >= 0.6 is 0 Å². The molecule has 1 amide bonds. The van der Waals surface area contributed by atoms with Crippen LogP contribution in [0.25, 0.3) is 11.1 Å². The molecule has 0 bridgehead atoms. The summed E-state index contributed by atoms with van der Waals surface area (Å²) in [5.74, 6) is -0.483. The van der Waals surface area contributed by atoms with Crippen molar-refractivity contribution in [3.63, 3.8) is 0 Å². The van der Waals surface area contributed by atoms with Crippen molar-refractivity contribution < 1.29 is 23.4 Å². The zero-order chi connectivity index (χ0) is 25.2. The monoisotopic (exact) mass is 494 g/mol. The van der Waals surface area contributed by atoms with E-state index in [1.54, 1.807) is 6.07 Å². The number of hydrogen-bond donors (Lipinski definition) is 4. The van der Waals surface area contributed by atoms with Gasteiger partial charge < -0.3 is 15.5 Å². The Morgan fingerprint density at radius 2 is 1.69 bits per heavy atom. The van der Waals surface area contributed by atoms with Crippen molar-refractivity contribution in [3.8, 4) is 22.6 Å². The minimum absolute atomic E-state index is 0.109. The average molecular weight is 495 g/mol. The standard InChI is InChI=1S/C27H30N2O5S/c1-3-14-35(33,34)28-17-19-5-7-20(8-6-19)23-16-22(10-4-18(23)2)29-26(32)27(12-13-27)21-9-11-24(30)25(31)15-21/h4-11,15-16,28,30-31H,3,12-14,17H2,1-2H3,(H,29,32). The molecule has 8 heteroatoms. The molecule has 7 nitrogen and oxygen atoms in total. The van der Waals surface area contributed by atoms with Gasteiger partial charge in [-0.05, 0) is 78.3 Å². The first-order valence-electron chi connectivity index (χ1n) is 11.6. The summed E-state index contributed by atoms with van der Waals surface area (Å²) in [7, 11) is -3.26. The molecule has 0 aromatic heterocycles. The highest BCUT2D eigenvalue weighted by atomic mass is 32.2. The lowest BCUT2D eigenvalue weighted by atomic mass is 9.94. The number of phenolic OH excluding ortho intramolecular Hbond substituents is 2. The second kappa shape index (κ2) is 9.71. The quantitative estimate of drug-likeness (QED) is 0.325. The molecular formula is C27H30N2O5S. The molecule has 1 aliphatic carbocycles. The van der Waals surface area contributed by atoms with Crippen LogP contribution in [0.15, 0.2) is 60.7 Å². The van der Waals surface area contributed by atoms with Crippen molar-refractivity contribution >= 4 is 21.6 Å². The highest BCUT2D eigenvalue weighted by Crippen LogP contribution is 2.50. The van der Waals surface area contributed by atoms with Gasteiger partial charge in [0.1, 0.15) is 0 Å². The second-order valence-corrected chi connectivity index (χ2v) is 11.0. The fraction of sp³-hybridized carbons (Fsp3) is 0.296. The summed E-state index contributed by atoms with van der Waals surface area (Å²) in [5.41, 5.74) is 4.48. The maximum Gasteiger partial charge on any atom is 0.235 e. The number of hydrogen-bond acceptors (Lipinski definition) is 5. The number of sulfonamides is 1. The maximum absolute atomic E-state index is 13.2. The number of anilines is 1. The molecule has 0 unspecified atom stereocenters. The molecule has 0 aliphatic heterocycles. The van der Waals surface area contributed by atoms with E-state index in [2.05, 4.69) is 10.0 Å². The van der Waals surface area contributed by atoms with Crippen LogP contribution in [-0.4, -0.2) is 30.3 Å². The summed E-state index contributed by atoms with van der Waals surface area (Å²) in [5, 5.41) is 22.5. The van der Waals surface area contributed by atoms with Gasteiger partial charge in [0.05, 0.1) is 11.2 Å². The smallest absolute Gasteiger partial charge is 0.235 e. The Morgan fingerprint density at radius 1 is 0.971 bits per heavy atom. The molecule has 1 fully saturated rings. The molecule has 0 saturated heterocycles. The van der Waals surface area contributed by atoms with E-state index < -0.39 is 15.4 Å². The number of carbonyl (C=O) groups is 1. The van der Waals surface area contributed by atoms with Crippen molar-refractivity contribution in [3.05, 3.63) is 77.4 Å². The van der Waals surface area contributed by atoms with E-state index in [1.165, 1.54) is 12.1 Å². The van der Waals surface area contributed by atoms with Gasteiger partial charge in [-0.3, -0.25) is 4.79 Å². The van der Waals surface area contributed by atoms with Gasteiger partial charge in [-0.1, -0.05) is 43.3 Å². The van der Waals surface area contributed by atoms with Gasteiger partial charge >= 0.3 is 0 Å². The number of benzene rings is 3. The van der Waals surface area contributed by atoms with Gasteiger partial charge in [0.15, 0.2) is 11.5 Å². The topological polar surface area (TPSA) is 116 Å². The minimum atomic E-state index is -3.26. The van der Waals surface area contributed by atoms with Crippen LogP contribution < -0.4 is 10.0 Å². The number of nitrogens with one attached hydrogen (secondary N) is 2. The Hall–Kier alpha value is -3.36. The van der Waals surface area contributed by atoms with E-state index in [9.17, 15) is 23.4 Å². The number of rotatable bonds is 9. The summed E-state index contributed by atoms with van der Waals surface area (Å²) in [6.45, 7) is 4.07. The molecule has 1 aliphatic rings. The van der Waals surface area contributed by atoms with Gasteiger partial charge in [0.2, 0.25) is 15.9 Å². The molecule has 35 heavy (non-hydrogen) atoms. The molecule has 1 saturated carbocycles. The van der Waals surface area contributed by atoms with Gasteiger partial charge in [0, 0.05) is 12.2 Å². The lowest BCUT2D eigenvalue weighted by Crippen LogP contribution is -2.27. The van der Waals surface area contributed by atoms with E-state index in [0.29, 0.717) is 30.5 Å². The Labute approximate surface area is 205 Å². The van der Waals surface area contributed by atoms with E-state index >= 15 is 0 Å². The van der Waals surface area contributed by atoms with E-state index in [-0.39, 0.29) is 29.7 Å². The highest BCUT2D eigenvalue weighted by molar-refractivity contribution is 7.89. The SMILES string of the molecule is CCCS(=O)(=O)NCc1ccc(-c2cc(NC(=O)C3(c4ccc(O)c(O)c4)CC3)ccc2C)cc1. The van der Waals surface area contributed by atoms with Gasteiger partial charge in [-0.2, -0.15) is 0 Å². The first-order chi connectivity index (χ1) is 16.6. The Bertz CT molecular complexity index is 1350. The van der Waals surface area contributed by atoms with Crippen LogP contribution in [-0.2, 0) is 26.8 Å². The van der Waals surface area contributed by atoms with Crippen LogP contribution in [0.1, 0.15) is 42.9 Å². The molecule has 3 aromatic rings. The highest BCUT2D eigenvalue weighted by Gasteiger charge is 2.51. The van der Waals surface area contributed by atoms with Gasteiger partial charge in [0.25, 0.3) is 0 Å². The van der Waals surface area contributed by atoms with Crippen LogP contribution in [0.5, 0.6) is 11.5 Å². The largest absolute Gasteiger partial charge is 0.504 e. The number of phenols is 2. The first kappa shape index (κ1) is 24.8. The van der Waals surface area contributed by atoms with E-state index in [0.717, 1.165) is 22.3 Å². The number of aromatic hydroxyl groups is 2. The van der Waals surface area contributed by atoms with Crippen molar-refractivity contribution in [2.24, 2.45) is 0 Å². The van der Waals surface area contributed by atoms with Crippen LogP contribution in [0.4, 0.5) is 5.69 Å². The van der Waals surface area contributed by atoms with Crippen LogP contribution in [0, 0.1) is 6.92 Å². The lowest BCUT2D eigenvalue weighted by molar-refractivity contribution is -0.118. The van der Waals surface area contributed by atoms with Crippen molar-refractivity contribution in [1.29, 1.82) is 0 Å². The summed E-state index contributed by atoms with van der Waals surface area (Å²) in [4.78, 5) is 13.2. The fourth-order valence-electron chi connectivity index (χ4n) is 4.19. The van der Waals surface area contributed by atoms with Gasteiger partial charge in [-0.15, -0.1) is 0 Å². The fourth-order valence-corrected chi connectivity index (χ4v) is 5.26. The predicted molar refractivity (Wildman–Crippen MR) is 137 cm³/mol. The molecular weight excluding hydrogens is 464 g/mol. The van der Waals surface area contributed by atoms with Crippen LogP contribution in [0.2, 0.25) is 0 Å². The number of carbonyl (C=O) groups excluding carboxylic acids is 1. The Balaban J connectivity index is 1.49. The molecule has 0 radical (unpaired) electrons. The summed E-state index contributed by atoms with van der Waals surface area (Å²) >= 11 is 0. The number of aryl methyl sites for hydroxylation is 1. The molecule has 0 atom stereocenters. The minimum Gasteiger partial charge on any atom is -0.504 e. The first-order valence-corrected chi connectivity index (χ1v) is 13.3. The zero-order valence-electron chi connectivity index (χ0n) is 19.8. The third-order valence-corrected chi connectivity index (χ3v) is 7.97.